The Labute approximate surface area is 129 Å². The molecular weight excluding hydrogens is 284 g/mol. The summed E-state index contributed by atoms with van der Waals surface area (Å²) >= 11 is 1.74. The van der Waals surface area contributed by atoms with Gasteiger partial charge >= 0.3 is 0 Å². The summed E-state index contributed by atoms with van der Waals surface area (Å²) in [5.41, 5.74) is 1.59. The van der Waals surface area contributed by atoms with Gasteiger partial charge in [-0.1, -0.05) is 39.3 Å². The lowest BCUT2D eigenvalue weighted by molar-refractivity contribution is 0.325. The standard InChI is InChI=1S/C16H26N2S2/c1-6-16(2,3)11-12-17-19-15-18-13-9-7-8-10-14(13)20(15,4)5/h7-10,17H,6,11-12H2,1-5H3. The van der Waals surface area contributed by atoms with Gasteiger partial charge in [-0.3, -0.25) is 4.72 Å². The molecule has 1 aromatic rings. The number of nitrogens with zero attached hydrogens (tertiary/aromatic N) is 1. The molecule has 0 unspecified atom stereocenters. The second-order valence-electron chi connectivity index (χ2n) is 6.44. The van der Waals surface area contributed by atoms with E-state index in [2.05, 4.69) is 62.3 Å². The van der Waals surface area contributed by atoms with Crippen LogP contribution in [0.25, 0.3) is 0 Å². The third-order valence-corrected chi connectivity index (χ3v) is 8.61. The Morgan fingerprint density at radius 1 is 1.25 bits per heavy atom. The van der Waals surface area contributed by atoms with Gasteiger partial charge in [-0.2, -0.15) is 10.0 Å². The molecule has 112 valence electrons. The molecular formula is C16H26N2S2. The zero-order valence-corrected chi connectivity index (χ0v) is 14.8. The van der Waals surface area contributed by atoms with Crippen molar-refractivity contribution in [2.24, 2.45) is 10.4 Å². The molecule has 1 aliphatic heterocycles. The van der Waals surface area contributed by atoms with Crippen LogP contribution in [-0.4, -0.2) is 23.4 Å². The molecule has 0 saturated heterocycles. The summed E-state index contributed by atoms with van der Waals surface area (Å²) in [5.74, 6) is 0. The van der Waals surface area contributed by atoms with E-state index < -0.39 is 10.0 Å². The molecule has 4 heteroatoms. The highest BCUT2D eigenvalue weighted by atomic mass is 32.3. The van der Waals surface area contributed by atoms with Gasteiger partial charge in [0.25, 0.3) is 0 Å². The second-order valence-corrected chi connectivity index (χ2v) is 11.1. The highest BCUT2D eigenvalue weighted by Gasteiger charge is 2.30. The van der Waals surface area contributed by atoms with E-state index in [9.17, 15) is 0 Å². The number of fused-ring (bicyclic) bond motifs is 1. The quantitative estimate of drug-likeness (QED) is 0.460. The van der Waals surface area contributed by atoms with Crippen LogP contribution in [0.3, 0.4) is 0 Å². The largest absolute Gasteiger partial charge is 0.258 e. The minimum Gasteiger partial charge on any atom is -0.258 e. The number of aliphatic imine (C=N–C) groups is 1. The Balaban J connectivity index is 1.93. The lowest BCUT2D eigenvalue weighted by atomic mass is 9.87. The Morgan fingerprint density at radius 2 is 1.95 bits per heavy atom. The van der Waals surface area contributed by atoms with Crippen LogP contribution in [0, 0.1) is 5.41 Å². The minimum absolute atomic E-state index is 0.427. The molecule has 20 heavy (non-hydrogen) atoms. The van der Waals surface area contributed by atoms with Crippen LogP contribution < -0.4 is 4.72 Å². The molecule has 0 amide bonds. The van der Waals surface area contributed by atoms with Crippen molar-refractivity contribution in [1.82, 2.24) is 4.72 Å². The number of para-hydroxylation sites is 1. The molecule has 0 fully saturated rings. The first-order valence-corrected chi connectivity index (χ1v) is 10.4. The molecule has 1 N–H and O–H groups in total. The first-order chi connectivity index (χ1) is 9.37. The van der Waals surface area contributed by atoms with Gasteiger partial charge in [-0.15, -0.1) is 0 Å². The maximum Gasteiger partial charge on any atom is 0.132 e. The predicted molar refractivity (Wildman–Crippen MR) is 95.5 cm³/mol. The van der Waals surface area contributed by atoms with E-state index in [0.717, 1.165) is 12.2 Å². The van der Waals surface area contributed by atoms with Crippen LogP contribution in [0.5, 0.6) is 0 Å². The average Bonchev–Trinajstić information content (AvgIpc) is 2.67. The van der Waals surface area contributed by atoms with E-state index in [0.29, 0.717) is 5.41 Å². The SMILES string of the molecule is CCC(C)(C)CCNSC1=Nc2ccccc2S1(C)C. The van der Waals surface area contributed by atoms with Gasteiger partial charge in [-0.05, 0) is 48.4 Å². The van der Waals surface area contributed by atoms with Crippen molar-refractivity contribution in [2.75, 3.05) is 19.1 Å². The Morgan fingerprint density at radius 3 is 2.60 bits per heavy atom. The number of rotatable bonds is 5. The number of benzene rings is 1. The molecule has 1 aromatic carbocycles. The molecule has 2 nitrogen and oxygen atoms in total. The fraction of sp³-hybridized carbons (Fsp3) is 0.562. The van der Waals surface area contributed by atoms with Crippen LogP contribution in [0.15, 0.2) is 34.2 Å². The van der Waals surface area contributed by atoms with Gasteiger partial charge in [0, 0.05) is 11.4 Å². The predicted octanol–water partition coefficient (Wildman–Crippen LogP) is 5.17. The van der Waals surface area contributed by atoms with E-state index in [1.54, 1.807) is 11.9 Å². The van der Waals surface area contributed by atoms with E-state index in [1.807, 2.05) is 0 Å². The van der Waals surface area contributed by atoms with Crippen molar-refractivity contribution in [3.05, 3.63) is 24.3 Å². The highest BCUT2D eigenvalue weighted by molar-refractivity contribution is 8.57. The van der Waals surface area contributed by atoms with Crippen molar-refractivity contribution in [2.45, 2.75) is 38.5 Å². The summed E-state index contributed by atoms with van der Waals surface area (Å²) in [6.45, 7) is 7.96. The van der Waals surface area contributed by atoms with Gasteiger partial charge in [0.05, 0.1) is 5.69 Å². The Bertz CT molecular complexity index is 507. The van der Waals surface area contributed by atoms with Crippen molar-refractivity contribution in [3.8, 4) is 0 Å². The Kier molecular flexibility index (Phi) is 4.88. The lowest BCUT2D eigenvalue weighted by Crippen LogP contribution is -2.19. The van der Waals surface area contributed by atoms with Crippen molar-refractivity contribution in [1.29, 1.82) is 0 Å². The summed E-state index contributed by atoms with van der Waals surface area (Å²) in [7, 11) is -0.917. The van der Waals surface area contributed by atoms with Gasteiger partial charge in [0.1, 0.15) is 4.38 Å². The minimum atomic E-state index is -0.917. The molecule has 0 saturated carbocycles. The number of nitrogens with one attached hydrogen (secondary N) is 1. The molecule has 2 rings (SSSR count). The van der Waals surface area contributed by atoms with E-state index in [1.165, 1.54) is 22.1 Å². The molecule has 1 heterocycles. The summed E-state index contributed by atoms with van der Waals surface area (Å²) in [5, 5.41) is 0. The van der Waals surface area contributed by atoms with Gasteiger partial charge in [0.2, 0.25) is 0 Å². The van der Waals surface area contributed by atoms with E-state index in [-0.39, 0.29) is 0 Å². The molecule has 0 aromatic heterocycles. The molecule has 0 bridgehead atoms. The van der Waals surface area contributed by atoms with Gasteiger partial charge in [0.15, 0.2) is 0 Å². The number of hydrogen-bond acceptors (Lipinski definition) is 3. The van der Waals surface area contributed by atoms with Crippen molar-refractivity contribution in [3.63, 3.8) is 0 Å². The van der Waals surface area contributed by atoms with Crippen LogP contribution in [0.4, 0.5) is 5.69 Å². The molecule has 1 aliphatic rings. The maximum absolute atomic E-state index is 4.81. The van der Waals surface area contributed by atoms with Gasteiger partial charge in [-0.25, -0.2) is 4.99 Å². The summed E-state index contributed by atoms with van der Waals surface area (Å²) in [6.07, 6.45) is 7.10. The van der Waals surface area contributed by atoms with E-state index >= 15 is 0 Å². The zero-order valence-electron chi connectivity index (χ0n) is 13.2. The summed E-state index contributed by atoms with van der Waals surface area (Å²) in [4.78, 5) is 6.23. The van der Waals surface area contributed by atoms with Crippen LogP contribution in [0.2, 0.25) is 0 Å². The highest BCUT2D eigenvalue weighted by Crippen LogP contribution is 2.61. The third kappa shape index (κ3) is 3.41. The average molecular weight is 311 g/mol. The van der Waals surface area contributed by atoms with Crippen LogP contribution in [0.1, 0.15) is 33.6 Å². The topological polar surface area (TPSA) is 24.4 Å². The molecule has 0 spiro atoms. The maximum atomic E-state index is 4.81. The third-order valence-electron chi connectivity index (χ3n) is 4.08. The zero-order chi connectivity index (χ0) is 14.8. The fourth-order valence-electron chi connectivity index (χ4n) is 2.09. The Hall–Kier alpha value is -0.450. The molecule has 0 radical (unpaired) electrons. The monoisotopic (exact) mass is 310 g/mol. The van der Waals surface area contributed by atoms with Crippen molar-refractivity contribution < 1.29 is 0 Å². The molecule has 0 atom stereocenters. The van der Waals surface area contributed by atoms with Crippen LogP contribution >= 0.6 is 22.0 Å². The summed E-state index contributed by atoms with van der Waals surface area (Å²) in [6, 6.07) is 8.54. The smallest absolute Gasteiger partial charge is 0.132 e. The lowest BCUT2D eigenvalue weighted by Gasteiger charge is -2.28. The normalized spacial score (nSPS) is 18.6. The number of hydrogen-bond donors (Lipinski definition) is 1. The van der Waals surface area contributed by atoms with E-state index in [4.69, 9.17) is 4.99 Å². The fourth-order valence-corrected chi connectivity index (χ4v) is 5.41. The summed E-state index contributed by atoms with van der Waals surface area (Å²) < 4.78 is 4.77. The second kappa shape index (κ2) is 6.12. The molecule has 0 aliphatic carbocycles. The van der Waals surface area contributed by atoms with Crippen molar-refractivity contribution >= 4 is 32.0 Å². The van der Waals surface area contributed by atoms with Crippen LogP contribution in [-0.2, 0) is 0 Å². The first kappa shape index (κ1) is 15.9. The first-order valence-electron chi connectivity index (χ1n) is 7.18. The van der Waals surface area contributed by atoms with Gasteiger partial charge < -0.3 is 0 Å².